The molecule has 2 N–H and O–H groups in total. The van der Waals surface area contributed by atoms with Gasteiger partial charge in [0.25, 0.3) is 0 Å². The van der Waals surface area contributed by atoms with Gasteiger partial charge in [0.15, 0.2) is 0 Å². The van der Waals surface area contributed by atoms with Gasteiger partial charge in [0.2, 0.25) is 5.89 Å². The molecule has 0 aliphatic rings. The van der Waals surface area contributed by atoms with Crippen molar-refractivity contribution in [2.45, 2.75) is 19.9 Å². The minimum Gasteiger partial charge on any atom is -0.444 e. The Hall–Kier alpha value is -1.61. The van der Waals surface area contributed by atoms with Crippen molar-refractivity contribution in [3.63, 3.8) is 0 Å². The first-order chi connectivity index (χ1) is 7.18. The number of nitrogens with two attached hydrogens (primary N) is 1. The van der Waals surface area contributed by atoms with Crippen molar-refractivity contribution in [1.29, 1.82) is 0 Å². The quantitative estimate of drug-likeness (QED) is 0.814. The summed E-state index contributed by atoms with van der Waals surface area (Å²) < 4.78 is 5.49. The molecule has 1 unspecified atom stereocenters. The highest BCUT2D eigenvalue weighted by molar-refractivity contribution is 5.60. The van der Waals surface area contributed by atoms with Crippen molar-refractivity contribution in [3.05, 3.63) is 42.0 Å². The maximum absolute atomic E-state index is 5.72. The normalized spacial score (nSPS) is 12.7. The molecule has 1 aromatic carbocycles. The van der Waals surface area contributed by atoms with E-state index in [1.165, 1.54) is 0 Å². The first-order valence-electron chi connectivity index (χ1n) is 4.97. The lowest BCUT2D eigenvalue weighted by Crippen LogP contribution is -2.04. The number of hydrogen-bond acceptors (Lipinski definition) is 3. The summed E-state index contributed by atoms with van der Waals surface area (Å²) in [6.45, 7) is 3.77. The molecule has 1 atom stereocenters. The van der Waals surface area contributed by atoms with Crippen LogP contribution >= 0.6 is 0 Å². The van der Waals surface area contributed by atoms with Crippen LogP contribution in [-0.2, 0) is 0 Å². The Morgan fingerprint density at radius 1 is 1.27 bits per heavy atom. The lowest BCUT2D eigenvalue weighted by molar-refractivity contribution is 0.444. The summed E-state index contributed by atoms with van der Waals surface area (Å²) in [6, 6.07) is 9.79. The average molecular weight is 202 g/mol. The number of hydrogen-bond donors (Lipinski definition) is 1. The molecule has 0 bridgehead atoms. The molecule has 15 heavy (non-hydrogen) atoms. The molecule has 0 amide bonds. The standard InChI is InChI=1S/C12H14N2O/c1-8(13)12-14-11(9(2)15-12)10-6-4-3-5-7-10/h3-8H,13H2,1-2H3. The van der Waals surface area contributed by atoms with E-state index in [0.717, 1.165) is 17.0 Å². The van der Waals surface area contributed by atoms with Gasteiger partial charge >= 0.3 is 0 Å². The molecule has 2 rings (SSSR count). The summed E-state index contributed by atoms with van der Waals surface area (Å²) in [5.41, 5.74) is 7.66. The Labute approximate surface area is 88.9 Å². The molecule has 0 fully saturated rings. The van der Waals surface area contributed by atoms with E-state index in [1.54, 1.807) is 0 Å². The van der Waals surface area contributed by atoms with Crippen molar-refractivity contribution in [1.82, 2.24) is 4.98 Å². The number of rotatable bonds is 2. The van der Waals surface area contributed by atoms with E-state index < -0.39 is 0 Å². The number of benzene rings is 1. The SMILES string of the molecule is Cc1oc(C(C)N)nc1-c1ccccc1. The predicted octanol–water partition coefficient (Wildman–Crippen LogP) is 2.67. The molecule has 2 aromatic rings. The van der Waals surface area contributed by atoms with Crippen LogP contribution in [0.4, 0.5) is 0 Å². The predicted molar refractivity (Wildman–Crippen MR) is 59.3 cm³/mol. The van der Waals surface area contributed by atoms with Gasteiger partial charge in [0.1, 0.15) is 11.5 Å². The highest BCUT2D eigenvalue weighted by Crippen LogP contribution is 2.24. The van der Waals surface area contributed by atoms with E-state index in [1.807, 2.05) is 44.2 Å². The Kier molecular flexibility index (Phi) is 2.56. The van der Waals surface area contributed by atoms with Crippen LogP contribution in [-0.4, -0.2) is 4.98 Å². The molecule has 0 saturated heterocycles. The van der Waals surface area contributed by atoms with Crippen LogP contribution in [0.1, 0.15) is 24.6 Å². The molecule has 0 radical (unpaired) electrons. The lowest BCUT2D eigenvalue weighted by atomic mass is 10.1. The van der Waals surface area contributed by atoms with Gasteiger partial charge in [-0.1, -0.05) is 30.3 Å². The largest absolute Gasteiger partial charge is 0.444 e. The van der Waals surface area contributed by atoms with E-state index in [2.05, 4.69) is 4.98 Å². The zero-order chi connectivity index (χ0) is 10.8. The molecule has 0 aliphatic carbocycles. The summed E-state index contributed by atoms with van der Waals surface area (Å²) in [5.74, 6) is 1.40. The van der Waals surface area contributed by atoms with E-state index in [-0.39, 0.29) is 6.04 Å². The molecular weight excluding hydrogens is 188 g/mol. The third kappa shape index (κ3) is 1.92. The summed E-state index contributed by atoms with van der Waals surface area (Å²) >= 11 is 0. The second-order valence-corrected chi connectivity index (χ2v) is 3.61. The lowest BCUT2D eigenvalue weighted by Gasteiger charge is -1.96. The van der Waals surface area contributed by atoms with Gasteiger partial charge in [-0.05, 0) is 13.8 Å². The summed E-state index contributed by atoms with van der Waals surface area (Å²) in [4.78, 5) is 4.39. The smallest absolute Gasteiger partial charge is 0.211 e. The maximum Gasteiger partial charge on any atom is 0.211 e. The van der Waals surface area contributed by atoms with Crippen molar-refractivity contribution in [2.24, 2.45) is 5.73 Å². The fourth-order valence-corrected chi connectivity index (χ4v) is 1.48. The van der Waals surface area contributed by atoms with Crippen molar-refractivity contribution < 1.29 is 4.42 Å². The van der Waals surface area contributed by atoms with Crippen LogP contribution in [0.3, 0.4) is 0 Å². The third-order valence-electron chi connectivity index (χ3n) is 2.25. The van der Waals surface area contributed by atoms with E-state index in [0.29, 0.717) is 5.89 Å². The Morgan fingerprint density at radius 3 is 2.47 bits per heavy atom. The van der Waals surface area contributed by atoms with Crippen LogP contribution < -0.4 is 5.73 Å². The second kappa shape index (κ2) is 3.87. The van der Waals surface area contributed by atoms with Crippen LogP contribution in [0, 0.1) is 6.92 Å². The molecule has 0 saturated carbocycles. The van der Waals surface area contributed by atoms with Crippen LogP contribution in [0.15, 0.2) is 34.7 Å². The molecule has 0 aliphatic heterocycles. The van der Waals surface area contributed by atoms with Gasteiger partial charge < -0.3 is 10.2 Å². The molecule has 1 aromatic heterocycles. The van der Waals surface area contributed by atoms with E-state index in [9.17, 15) is 0 Å². The minimum atomic E-state index is -0.166. The monoisotopic (exact) mass is 202 g/mol. The highest BCUT2D eigenvalue weighted by Gasteiger charge is 2.13. The summed E-state index contributed by atoms with van der Waals surface area (Å²) in [7, 11) is 0. The number of oxazole rings is 1. The van der Waals surface area contributed by atoms with E-state index >= 15 is 0 Å². The van der Waals surface area contributed by atoms with Crippen molar-refractivity contribution >= 4 is 0 Å². The number of nitrogens with zero attached hydrogens (tertiary/aromatic N) is 1. The van der Waals surface area contributed by atoms with Gasteiger partial charge in [-0.15, -0.1) is 0 Å². The Morgan fingerprint density at radius 2 is 1.93 bits per heavy atom. The third-order valence-corrected chi connectivity index (χ3v) is 2.25. The Bertz CT molecular complexity index is 446. The molecule has 3 heteroatoms. The first-order valence-corrected chi connectivity index (χ1v) is 4.97. The van der Waals surface area contributed by atoms with Crippen LogP contribution in [0.5, 0.6) is 0 Å². The van der Waals surface area contributed by atoms with Crippen LogP contribution in [0.2, 0.25) is 0 Å². The molecule has 0 spiro atoms. The van der Waals surface area contributed by atoms with Gasteiger partial charge in [-0.25, -0.2) is 4.98 Å². The van der Waals surface area contributed by atoms with Gasteiger partial charge in [0, 0.05) is 5.56 Å². The second-order valence-electron chi connectivity index (χ2n) is 3.61. The zero-order valence-electron chi connectivity index (χ0n) is 8.90. The fourth-order valence-electron chi connectivity index (χ4n) is 1.48. The molecule has 78 valence electrons. The number of aryl methyl sites for hydroxylation is 1. The molecule has 3 nitrogen and oxygen atoms in total. The minimum absolute atomic E-state index is 0.166. The van der Waals surface area contributed by atoms with E-state index in [4.69, 9.17) is 10.2 Å². The molecular formula is C12H14N2O. The summed E-state index contributed by atoms with van der Waals surface area (Å²) in [6.07, 6.45) is 0. The fraction of sp³-hybridized carbons (Fsp3) is 0.250. The highest BCUT2D eigenvalue weighted by atomic mass is 16.4. The summed E-state index contributed by atoms with van der Waals surface area (Å²) in [5, 5.41) is 0. The first kappa shape index (κ1) is 9.93. The van der Waals surface area contributed by atoms with Gasteiger partial charge in [-0.3, -0.25) is 0 Å². The maximum atomic E-state index is 5.72. The number of aromatic nitrogens is 1. The Balaban J connectivity index is 2.45. The van der Waals surface area contributed by atoms with Crippen LogP contribution in [0.25, 0.3) is 11.3 Å². The zero-order valence-corrected chi connectivity index (χ0v) is 8.90. The van der Waals surface area contributed by atoms with Gasteiger partial charge in [-0.2, -0.15) is 0 Å². The van der Waals surface area contributed by atoms with Gasteiger partial charge in [0.05, 0.1) is 6.04 Å². The molecule has 1 heterocycles. The topological polar surface area (TPSA) is 52.0 Å². The van der Waals surface area contributed by atoms with Crippen molar-refractivity contribution in [2.75, 3.05) is 0 Å². The average Bonchev–Trinajstić information content (AvgIpc) is 2.62. The van der Waals surface area contributed by atoms with Crippen molar-refractivity contribution in [3.8, 4) is 11.3 Å².